The molecule has 1 saturated heterocycles. The van der Waals surface area contributed by atoms with Crippen LogP contribution in [0.4, 0.5) is 0 Å². The van der Waals surface area contributed by atoms with Crippen molar-refractivity contribution in [2.75, 3.05) is 6.54 Å². The Balaban J connectivity index is 1.52. The van der Waals surface area contributed by atoms with E-state index < -0.39 is 0 Å². The highest BCUT2D eigenvalue weighted by Crippen LogP contribution is 2.36. The van der Waals surface area contributed by atoms with Crippen LogP contribution in [0.1, 0.15) is 35.4 Å². The van der Waals surface area contributed by atoms with E-state index in [0.717, 1.165) is 31.2 Å². The van der Waals surface area contributed by atoms with Crippen molar-refractivity contribution in [1.29, 1.82) is 0 Å². The lowest BCUT2D eigenvalue weighted by Crippen LogP contribution is -2.35. The number of rotatable bonds is 3. The van der Waals surface area contributed by atoms with Gasteiger partial charge in [-0.15, -0.1) is 0 Å². The average Bonchev–Trinajstić information content (AvgIpc) is 3.22. The minimum Gasteiger partial charge on any atom is -0.344 e. The van der Waals surface area contributed by atoms with Crippen LogP contribution in [0, 0.1) is 6.92 Å². The summed E-state index contributed by atoms with van der Waals surface area (Å²) in [5, 5.41) is 1.46. The van der Waals surface area contributed by atoms with Crippen molar-refractivity contribution in [1.82, 2.24) is 14.5 Å². The highest BCUT2D eigenvalue weighted by molar-refractivity contribution is 5.85. The first-order valence-corrected chi connectivity index (χ1v) is 9.54. The van der Waals surface area contributed by atoms with Gasteiger partial charge in [0, 0.05) is 54.0 Å². The van der Waals surface area contributed by atoms with E-state index in [1.54, 1.807) is 11.3 Å². The molecule has 0 N–H and O–H groups in total. The van der Waals surface area contributed by atoms with Gasteiger partial charge >= 0.3 is 0 Å². The number of para-hydroxylation sites is 1. The molecule has 0 spiro atoms. The zero-order chi connectivity index (χ0) is 16.8. The van der Waals surface area contributed by atoms with Crippen LogP contribution >= 0.6 is 0 Å². The molecule has 1 aromatic carbocycles. The molecule has 2 aromatic heterocycles. The Bertz CT molecular complexity index is 907. The van der Waals surface area contributed by atoms with Crippen LogP contribution in [0.25, 0.3) is 10.9 Å². The Labute approximate surface area is 149 Å². The predicted molar refractivity (Wildman–Crippen MR) is 102 cm³/mol. The number of nitrogens with zero attached hydrogens (tertiary/aromatic N) is 3. The highest BCUT2D eigenvalue weighted by atomic mass is 15.2. The zero-order valence-corrected chi connectivity index (χ0v) is 14.9. The maximum atomic E-state index is 4.46. The van der Waals surface area contributed by atoms with Gasteiger partial charge in [-0.2, -0.15) is 0 Å². The van der Waals surface area contributed by atoms with Gasteiger partial charge in [-0.25, -0.2) is 0 Å². The second-order valence-electron chi connectivity index (χ2n) is 7.62. The summed E-state index contributed by atoms with van der Waals surface area (Å²) in [5.74, 6) is 0. The molecule has 1 fully saturated rings. The van der Waals surface area contributed by atoms with Crippen molar-refractivity contribution in [2.45, 2.75) is 51.7 Å². The molecular weight excluding hydrogens is 306 g/mol. The lowest BCUT2D eigenvalue weighted by molar-refractivity contribution is 0.224. The maximum absolute atomic E-state index is 4.46. The Morgan fingerprint density at radius 1 is 1.16 bits per heavy atom. The van der Waals surface area contributed by atoms with Gasteiger partial charge in [0.25, 0.3) is 0 Å². The number of fused-ring (bicyclic) bond motifs is 4. The van der Waals surface area contributed by atoms with Gasteiger partial charge in [0.2, 0.25) is 0 Å². The Hall–Kier alpha value is -2.13. The van der Waals surface area contributed by atoms with Gasteiger partial charge < -0.3 is 4.57 Å². The van der Waals surface area contributed by atoms with Crippen LogP contribution in [0.5, 0.6) is 0 Å². The Morgan fingerprint density at radius 2 is 2.08 bits per heavy atom. The van der Waals surface area contributed by atoms with Gasteiger partial charge in [-0.05, 0) is 56.0 Å². The smallest absolute Gasteiger partial charge is 0.0486 e. The summed E-state index contributed by atoms with van der Waals surface area (Å²) >= 11 is 0. The van der Waals surface area contributed by atoms with Crippen LogP contribution in [-0.4, -0.2) is 27.0 Å². The molecule has 3 nitrogen and oxygen atoms in total. The van der Waals surface area contributed by atoms with Crippen LogP contribution in [-0.2, 0) is 25.9 Å². The number of benzene rings is 1. The van der Waals surface area contributed by atoms with E-state index >= 15 is 0 Å². The number of hydrogen-bond acceptors (Lipinski definition) is 2. The highest BCUT2D eigenvalue weighted by Gasteiger charge is 2.33. The minimum absolute atomic E-state index is 0.761. The van der Waals surface area contributed by atoms with Crippen molar-refractivity contribution in [3.63, 3.8) is 0 Å². The second-order valence-corrected chi connectivity index (χ2v) is 7.62. The van der Waals surface area contributed by atoms with Gasteiger partial charge in [0.1, 0.15) is 0 Å². The standard InChI is InChI=1S/C22H25N3/c1-16-8-9-17(14-23-16)10-12-25-21-7-3-2-6-19(21)20-15-24-11-4-5-18(24)13-22(20)25/h2-3,6-9,14,18H,4-5,10-13,15H2,1H3. The van der Waals surface area contributed by atoms with Gasteiger partial charge in [0.15, 0.2) is 0 Å². The lowest BCUT2D eigenvalue weighted by Gasteiger charge is -2.30. The van der Waals surface area contributed by atoms with Crippen molar-refractivity contribution in [3.8, 4) is 0 Å². The normalized spacial score (nSPS) is 20.0. The molecule has 2 aliphatic heterocycles. The average molecular weight is 331 g/mol. The molecule has 0 amide bonds. The fraction of sp³-hybridized carbons (Fsp3) is 0.409. The first-order valence-electron chi connectivity index (χ1n) is 9.54. The number of pyridine rings is 1. The van der Waals surface area contributed by atoms with E-state index in [0.29, 0.717) is 0 Å². The molecule has 0 bridgehead atoms. The molecule has 0 radical (unpaired) electrons. The van der Waals surface area contributed by atoms with Gasteiger partial charge in [0.05, 0.1) is 0 Å². The van der Waals surface area contributed by atoms with E-state index in [4.69, 9.17) is 0 Å². The molecule has 1 atom stereocenters. The van der Waals surface area contributed by atoms with Crippen molar-refractivity contribution in [3.05, 3.63) is 65.1 Å². The quantitative estimate of drug-likeness (QED) is 0.720. The summed E-state index contributed by atoms with van der Waals surface area (Å²) in [4.78, 5) is 7.15. The van der Waals surface area contributed by atoms with E-state index in [-0.39, 0.29) is 0 Å². The van der Waals surface area contributed by atoms with Crippen molar-refractivity contribution in [2.24, 2.45) is 0 Å². The van der Waals surface area contributed by atoms with Crippen molar-refractivity contribution >= 4 is 10.9 Å². The fourth-order valence-electron chi connectivity index (χ4n) is 4.74. The first-order chi connectivity index (χ1) is 12.3. The van der Waals surface area contributed by atoms with Gasteiger partial charge in [-0.3, -0.25) is 9.88 Å². The molecule has 3 aromatic rings. The molecular formula is C22H25N3. The molecule has 0 aliphatic carbocycles. The summed E-state index contributed by atoms with van der Waals surface area (Å²) < 4.78 is 2.60. The molecule has 2 aliphatic rings. The summed E-state index contributed by atoms with van der Waals surface area (Å²) in [6, 6.07) is 14.1. The van der Waals surface area contributed by atoms with Crippen LogP contribution < -0.4 is 0 Å². The van der Waals surface area contributed by atoms with Crippen LogP contribution in [0.15, 0.2) is 42.6 Å². The lowest BCUT2D eigenvalue weighted by atomic mass is 9.99. The topological polar surface area (TPSA) is 21.1 Å². The summed E-state index contributed by atoms with van der Waals surface area (Å²) in [7, 11) is 0. The number of hydrogen-bond donors (Lipinski definition) is 0. The second kappa shape index (κ2) is 5.99. The van der Waals surface area contributed by atoms with Crippen LogP contribution in [0.3, 0.4) is 0 Å². The molecule has 128 valence electrons. The minimum atomic E-state index is 0.761. The summed E-state index contributed by atoms with van der Waals surface area (Å²) in [5.41, 5.74) is 7.00. The van der Waals surface area contributed by atoms with Gasteiger partial charge in [-0.1, -0.05) is 24.3 Å². The summed E-state index contributed by atoms with van der Waals surface area (Å²) in [6.45, 7) is 5.51. The third-order valence-electron chi connectivity index (χ3n) is 6.08. The van der Waals surface area contributed by atoms with E-state index in [2.05, 4.69) is 50.8 Å². The van der Waals surface area contributed by atoms with Crippen LogP contribution in [0.2, 0.25) is 0 Å². The SMILES string of the molecule is Cc1ccc(CCn2c3c(c4ccccc42)CN2CCCC2C3)cn1. The molecule has 1 unspecified atom stereocenters. The Kier molecular flexibility index (Phi) is 3.63. The molecule has 3 heteroatoms. The third kappa shape index (κ3) is 2.58. The molecule has 0 saturated carbocycles. The predicted octanol–water partition coefficient (Wildman–Crippen LogP) is 4.11. The monoisotopic (exact) mass is 331 g/mol. The van der Waals surface area contributed by atoms with E-state index in [1.165, 1.54) is 42.3 Å². The molecule has 5 rings (SSSR count). The van der Waals surface area contributed by atoms with E-state index in [9.17, 15) is 0 Å². The first kappa shape index (κ1) is 15.2. The largest absolute Gasteiger partial charge is 0.344 e. The zero-order valence-electron chi connectivity index (χ0n) is 14.9. The molecule has 4 heterocycles. The number of aromatic nitrogens is 2. The Morgan fingerprint density at radius 3 is 2.96 bits per heavy atom. The molecule has 25 heavy (non-hydrogen) atoms. The van der Waals surface area contributed by atoms with E-state index in [1.807, 2.05) is 13.1 Å². The maximum Gasteiger partial charge on any atom is 0.0486 e. The fourth-order valence-corrected chi connectivity index (χ4v) is 4.74. The number of aryl methyl sites for hydroxylation is 3. The third-order valence-corrected chi connectivity index (χ3v) is 6.08. The van der Waals surface area contributed by atoms with Crippen molar-refractivity contribution < 1.29 is 0 Å². The summed E-state index contributed by atoms with van der Waals surface area (Å²) in [6.07, 6.45) is 7.03.